The number of benzene rings is 1. The largest absolute Gasteiger partial charge is 0.396 e. The van der Waals surface area contributed by atoms with Crippen LogP contribution in [-0.4, -0.2) is 40.6 Å². The number of amides is 1. The number of nitrogens with one attached hydrogen (secondary N) is 1. The lowest BCUT2D eigenvalue weighted by Crippen LogP contribution is -2.43. The number of fused-ring (bicyclic) bond motifs is 1. The number of H-pyrrole nitrogens is 1. The molecule has 3 rings (SSSR count). The zero-order valence-corrected chi connectivity index (χ0v) is 12.6. The molecular formula is C17H20N2O3. The number of aromatic amines is 1. The van der Waals surface area contributed by atoms with E-state index in [1.807, 2.05) is 13.0 Å². The van der Waals surface area contributed by atoms with E-state index in [0.29, 0.717) is 29.4 Å². The molecule has 1 aromatic carbocycles. The molecule has 1 aliphatic heterocycles. The summed E-state index contributed by atoms with van der Waals surface area (Å²) < 4.78 is 0. The molecule has 1 aromatic heterocycles. The van der Waals surface area contributed by atoms with Gasteiger partial charge in [-0.05, 0) is 24.3 Å². The molecule has 5 nitrogen and oxygen atoms in total. The van der Waals surface area contributed by atoms with Crippen molar-refractivity contribution in [3.63, 3.8) is 0 Å². The Balaban J connectivity index is 1.91. The highest BCUT2D eigenvalue weighted by molar-refractivity contribution is 6.06. The molecular weight excluding hydrogens is 280 g/mol. The second kappa shape index (κ2) is 5.57. The summed E-state index contributed by atoms with van der Waals surface area (Å²) >= 11 is 0. The van der Waals surface area contributed by atoms with Crippen LogP contribution in [0.3, 0.4) is 0 Å². The highest BCUT2D eigenvalue weighted by atomic mass is 16.3. The SMILES string of the molecule is CC1(CO)CCN(C(=O)c2c[nH]c(=O)c3ccccc23)CC1. The van der Waals surface area contributed by atoms with Gasteiger partial charge in [-0.1, -0.05) is 25.1 Å². The van der Waals surface area contributed by atoms with Gasteiger partial charge in [-0.2, -0.15) is 0 Å². The van der Waals surface area contributed by atoms with Crippen molar-refractivity contribution in [1.29, 1.82) is 0 Å². The molecule has 5 heteroatoms. The normalized spacial score (nSPS) is 17.6. The van der Waals surface area contributed by atoms with E-state index in [-0.39, 0.29) is 23.5 Å². The van der Waals surface area contributed by atoms with Crippen LogP contribution in [0.5, 0.6) is 0 Å². The summed E-state index contributed by atoms with van der Waals surface area (Å²) in [6, 6.07) is 7.15. The number of hydrogen-bond acceptors (Lipinski definition) is 3. The third-order valence-corrected chi connectivity index (χ3v) is 4.68. The fourth-order valence-corrected chi connectivity index (χ4v) is 2.96. The number of aliphatic hydroxyl groups excluding tert-OH is 1. The van der Waals surface area contributed by atoms with Crippen LogP contribution in [0.2, 0.25) is 0 Å². The number of rotatable bonds is 2. The van der Waals surface area contributed by atoms with Gasteiger partial charge in [0.05, 0.1) is 5.56 Å². The van der Waals surface area contributed by atoms with E-state index in [0.717, 1.165) is 12.8 Å². The molecule has 0 bridgehead atoms. The maximum Gasteiger partial charge on any atom is 0.255 e. The standard InChI is InChI=1S/C17H20N2O3/c1-17(11-20)6-8-19(9-7-17)16(22)14-10-18-15(21)13-5-3-2-4-12(13)14/h2-5,10,20H,6-9,11H2,1H3,(H,18,21). The Kier molecular flexibility index (Phi) is 3.74. The van der Waals surface area contributed by atoms with Gasteiger partial charge in [0.25, 0.3) is 11.5 Å². The fourth-order valence-electron chi connectivity index (χ4n) is 2.96. The number of piperidine rings is 1. The lowest BCUT2D eigenvalue weighted by atomic mass is 9.81. The number of pyridine rings is 1. The Labute approximate surface area is 128 Å². The first-order chi connectivity index (χ1) is 10.5. The first-order valence-corrected chi connectivity index (χ1v) is 7.55. The van der Waals surface area contributed by atoms with E-state index in [9.17, 15) is 14.7 Å². The lowest BCUT2D eigenvalue weighted by molar-refractivity contribution is 0.0441. The molecule has 1 saturated heterocycles. The Morgan fingerprint density at radius 2 is 1.91 bits per heavy atom. The predicted molar refractivity (Wildman–Crippen MR) is 84.9 cm³/mol. The average molecular weight is 300 g/mol. The second-order valence-electron chi connectivity index (χ2n) is 6.34. The van der Waals surface area contributed by atoms with Crippen molar-refractivity contribution in [2.75, 3.05) is 19.7 Å². The van der Waals surface area contributed by atoms with Crippen LogP contribution in [0.25, 0.3) is 10.8 Å². The van der Waals surface area contributed by atoms with Gasteiger partial charge in [0.2, 0.25) is 0 Å². The van der Waals surface area contributed by atoms with Crippen LogP contribution in [0.1, 0.15) is 30.1 Å². The number of likely N-dealkylation sites (tertiary alicyclic amines) is 1. The maximum absolute atomic E-state index is 12.8. The molecule has 0 radical (unpaired) electrons. The van der Waals surface area contributed by atoms with Gasteiger partial charge in [0.1, 0.15) is 0 Å². The van der Waals surface area contributed by atoms with Crippen molar-refractivity contribution in [2.24, 2.45) is 5.41 Å². The number of nitrogens with zero attached hydrogens (tertiary/aromatic N) is 1. The molecule has 0 unspecified atom stereocenters. The van der Waals surface area contributed by atoms with Crippen molar-refractivity contribution >= 4 is 16.7 Å². The Hall–Kier alpha value is -2.14. The summed E-state index contributed by atoms with van der Waals surface area (Å²) in [5.41, 5.74) is 0.255. The van der Waals surface area contributed by atoms with Crippen molar-refractivity contribution in [3.05, 3.63) is 46.4 Å². The molecule has 2 heterocycles. The molecule has 0 atom stereocenters. The van der Waals surface area contributed by atoms with Gasteiger partial charge in [0.15, 0.2) is 0 Å². The highest BCUT2D eigenvalue weighted by Crippen LogP contribution is 2.31. The van der Waals surface area contributed by atoms with Crippen LogP contribution in [0, 0.1) is 5.41 Å². The minimum absolute atomic E-state index is 0.0626. The van der Waals surface area contributed by atoms with E-state index < -0.39 is 0 Å². The number of hydrogen-bond donors (Lipinski definition) is 2. The van der Waals surface area contributed by atoms with Crippen LogP contribution in [-0.2, 0) is 0 Å². The summed E-state index contributed by atoms with van der Waals surface area (Å²) in [5.74, 6) is -0.0626. The van der Waals surface area contributed by atoms with Crippen LogP contribution in [0.4, 0.5) is 0 Å². The number of carbonyl (C=O) groups excluding carboxylic acids is 1. The average Bonchev–Trinajstić information content (AvgIpc) is 2.56. The molecule has 0 saturated carbocycles. The van der Waals surface area contributed by atoms with E-state index in [1.54, 1.807) is 23.1 Å². The van der Waals surface area contributed by atoms with E-state index >= 15 is 0 Å². The number of carbonyl (C=O) groups is 1. The van der Waals surface area contributed by atoms with Crippen molar-refractivity contribution in [1.82, 2.24) is 9.88 Å². The first-order valence-electron chi connectivity index (χ1n) is 7.55. The topological polar surface area (TPSA) is 73.4 Å². The smallest absolute Gasteiger partial charge is 0.255 e. The van der Waals surface area contributed by atoms with Crippen molar-refractivity contribution < 1.29 is 9.90 Å². The molecule has 2 N–H and O–H groups in total. The molecule has 0 aliphatic carbocycles. The molecule has 1 amide bonds. The third kappa shape index (κ3) is 2.52. The molecule has 0 spiro atoms. The summed E-state index contributed by atoms with van der Waals surface area (Å²) in [6.07, 6.45) is 3.08. The summed E-state index contributed by atoms with van der Waals surface area (Å²) in [7, 11) is 0. The van der Waals surface area contributed by atoms with Gasteiger partial charge in [-0.3, -0.25) is 9.59 Å². The Bertz CT molecular complexity index is 758. The molecule has 1 aliphatic rings. The minimum atomic E-state index is -0.182. The lowest BCUT2D eigenvalue weighted by Gasteiger charge is -2.38. The van der Waals surface area contributed by atoms with Gasteiger partial charge in [0, 0.05) is 36.7 Å². The third-order valence-electron chi connectivity index (χ3n) is 4.68. The van der Waals surface area contributed by atoms with Crippen molar-refractivity contribution in [2.45, 2.75) is 19.8 Å². The van der Waals surface area contributed by atoms with Gasteiger partial charge >= 0.3 is 0 Å². The maximum atomic E-state index is 12.8. The Morgan fingerprint density at radius 1 is 1.27 bits per heavy atom. The van der Waals surface area contributed by atoms with Crippen LogP contribution < -0.4 is 5.56 Å². The van der Waals surface area contributed by atoms with E-state index in [1.165, 1.54) is 6.20 Å². The molecule has 1 fully saturated rings. The molecule has 2 aromatic rings. The van der Waals surface area contributed by atoms with Gasteiger partial charge < -0.3 is 15.0 Å². The highest BCUT2D eigenvalue weighted by Gasteiger charge is 2.32. The Morgan fingerprint density at radius 3 is 2.55 bits per heavy atom. The van der Waals surface area contributed by atoms with Crippen LogP contribution >= 0.6 is 0 Å². The molecule has 116 valence electrons. The van der Waals surface area contributed by atoms with E-state index in [2.05, 4.69) is 4.98 Å². The van der Waals surface area contributed by atoms with Crippen molar-refractivity contribution in [3.8, 4) is 0 Å². The first kappa shape index (κ1) is 14.8. The summed E-state index contributed by atoms with van der Waals surface area (Å²) in [4.78, 5) is 29.1. The quantitative estimate of drug-likeness (QED) is 0.887. The zero-order valence-electron chi connectivity index (χ0n) is 12.6. The van der Waals surface area contributed by atoms with Gasteiger partial charge in [-0.25, -0.2) is 0 Å². The van der Waals surface area contributed by atoms with E-state index in [4.69, 9.17) is 0 Å². The van der Waals surface area contributed by atoms with Gasteiger partial charge in [-0.15, -0.1) is 0 Å². The number of aliphatic hydroxyl groups is 1. The minimum Gasteiger partial charge on any atom is -0.396 e. The monoisotopic (exact) mass is 300 g/mol. The fraction of sp³-hybridized carbons (Fsp3) is 0.412. The number of aromatic nitrogens is 1. The second-order valence-corrected chi connectivity index (χ2v) is 6.34. The van der Waals surface area contributed by atoms with Crippen LogP contribution in [0.15, 0.2) is 35.3 Å². The summed E-state index contributed by atoms with van der Waals surface area (Å²) in [5, 5.41) is 10.6. The zero-order chi connectivity index (χ0) is 15.7. The molecule has 22 heavy (non-hydrogen) atoms. The predicted octanol–water partition coefficient (Wildman–Crippen LogP) is 1.76. The summed E-state index contributed by atoms with van der Waals surface area (Å²) in [6.45, 7) is 3.45.